The van der Waals surface area contributed by atoms with Gasteiger partial charge in [0.05, 0.1) is 18.3 Å². The number of nitrogens with one attached hydrogen (secondary N) is 1. The molecular weight excluding hydrogens is 223 g/mol. The minimum Gasteiger partial charge on any atom is -0.396 e. The van der Waals surface area contributed by atoms with Gasteiger partial charge in [-0.25, -0.2) is 4.39 Å². The van der Waals surface area contributed by atoms with Gasteiger partial charge in [-0.2, -0.15) is 0 Å². The van der Waals surface area contributed by atoms with Crippen molar-refractivity contribution in [2.24, 2.45) is 5.92 Å². The molecule has 5 heteroatoms. The topological polar surface area (TPSA) is 75.3 Å². The van der Waals surface area contributed by atoms with Crippen LogP contribution in [0.3, 0.4) is 0 Å². The van der Waals surface area contributed by atoms with E-state index in [1.54, 1.807) is 0 Å². The fourth-order valence-corrected chi connectivity index (χ4v) is 1.34. The van der Waals surface area contributed by atoms with Gasteiger partial charge in [0.2, 0.25) is 0 Å². The van der Waals surface area contributed by atoms with E-state index in [1.165, 1.54) is 12.1 Å². The summed E-state index contributed by atoms with van der Waals surface area (Å²) in [6.45, 7) is 3.61. The largest absolute Gasteiger partial charge is 0.396 e. The Hall–Kier alpha value is -1.62. The number of aliphatic hydroxyl groups excluding tert-OH is 1. The monoisotopic (exact) mass is 240 g/mol. The number of anilines is 1. The smallest absolute Gasteiger partial charge is 0.251 e. The molecule has 0 aliphatic rings. The number of hydrogen-bond donors (Lipinski definition) is 3. The molecule has 0 bridgehead atoms. The second-order valence-electron chi connectivity index (χ2n) is 4.24. The van der Waals surface area contributed by atoms with Crippen LogP contribution >= 0.6 is 0 Å². The average Bonchev–Trinajstić information content (AvgIpc) is 2.28. The zero-order valence-corrected chi connectivity index (χ0v) is 9.90. The molecule has 1 atom stereocenters. The summed E-state index contributed by atoms with van der Waals surface area (Å²) in [4.78, 5) is 11.8. The molecule has 0 fully saturated rings. The van der Waals surface area contributed by atoms with E-state index in [4.69, 9.17) is 10.8 Å². The maximum absolute atomic E-state index is 13.2. The van der Waals surface area contributed by atoms with Crippen LogP contribution in [-0.4, -0.2) is 23.7 Å². The molecule has 0 aromatic heterocycles. The predicted molar refractivity (Wildman–Crippen MR) is 64.0 cm³/mol. The number of carbonyl (C=O) groups is 1. The van der Waals surface area contributed by atoms with Crippen molar-refractivity contribution in [1.82, 2.24) is 5.32 Å². The summed E-state index contributed by atoms with van der Waals surface area (Å²) in [5, 5.41) is 11.7. The van der Waals surface area contributed by atoms with Crippen molar-refractivity contribution < 1.29 is 14.3 Å². The van der Waals surface area contributed by atoms with Crippen LogP contribution in [0.15, 0.2) is 18.2 Å². The zero-order valence-electron chi connectivity index (χ0n) is 9.90. The molecule has 0 saturated carbocycles. The molecule has 1 amide bonds. The molecule has 0 aliphatic heterocycles. The van der Waals surface area contributed by atoms with Crippen LogP contribution in [0.25, 0.3) is 0 Å². The predicted octanol–water partition coefficient (Wildman–Crippen LogP) is 1.15. The maximum Gasteiger partial charge on any atom is 0.251 e. The van der Waals surface area contributed by atoms with Crippen LogP contribution in [0.4, 0.5) is 10.1 Å². The maximum atomic E-state index is 13.2. The number of nitrogen functional groups attached to an aromatic ring is 1. The van der Waals surface area contributed by atoms with E-state index >= 15 is 0 Å². The fourth-order valence-electron chi connectivity index (χ4n) is 1.34. The molecule has 17 heavy (non-hydrogen) atoms. The first kappa shape index (κ1) is 13.4. The number of halogens is 1. The SMILES string of the molecule is CC(C)C(CO)NC(=O)c1ccc(N)c(F)c1. The first-order valence-corrected chi connectivity index (χ1v) is 5.42. The third kappa shape index (κ3) is 3.42. The van der Waals surface area contributed by atoms with E-state index in [0.717, 1.165) is 6.07 Å². The van der Waals surface area contributed by atoms with Crippen LogP contribution in [0, 0.1) is 11.7 Å². The van der Waals surface area contributed by atoms with E-state index < -0.39 is 11.7 Å². The fraction of sp³-hybridized carbons (Fsp3) is 0.417. The lowest BCUT2D eigenvalue weighted by molar-refractivity contribution is 0.0896. The molecule has 0 heterocycles. The van der Waals surface area contributed by atoms with Crippen molar-refractivity contribution >= 4 is 11.6 Å². The average molecular weight is 240 g/mol. The highest BCUT2D eigenvalue weighted by atomic mass is 19.1. The first-order chi connectivity index (χ1) is 7.95. The van der Waals surface area contributed by atoms with Gasteiger partial charge in [-0.1, -0.05) is 13.8 Å². The van der Waals surface area contributed by atoms with Crippen molar-refractivity contribution in [2.45, 2.75) is 19.9 Å². The van der Waals surface area contributed by atoms with E-state index in [9.17, 15) is 9.18 Å². The highest BCUT2D eigenvalue weighted by Crippen LogP contribution is 2.12. The van der Waals surface area contributed by atoms with Crippen molar-refractivity contribution in [3.8, 4) is 0 Å². The summed E-state index contributed by atoms with van der Waals surface area (Å²) < 4.78 is 13.2. The Morgan fingerprint density at radius 2 is 2.18 bits per heavy atom. The molecule has 1 aromatic carbocycles. The van der Waals surface area contributed by atoms with Gasteiger partial charge in [-0.3, -0.25) is 4.79 Å². The van der Waals surface area contributed by atoms with Crippen LogP contribution in [0.1, 0.15) is 24.2 Å². The van der Waals surface area contributed by atoms with Crippen LogP contribution in [0.5, 0.6) is 0 Å². The Kier molecular flexibility index (Phi) is 4.45. The second-order valence-corrected chi connectivity index (χ2v) is 4.24. The molecule has 0 radical (unpaired) electrons. The Labute approximate surface area is 99.6 Å². The zero-order chi connectivity index (χ0) is 13.0. The normalized spacial score (nSPS) is 12.5. The number of benzene rings is 1. The van der Waals surface area contributed by atoms with Crippen molar-refractivity contribution in [3.63, 3.8) is 0 Å². The van der Waals surface area contributed by atoms with E-state index in [1.807, 2.05) is 13.8 Å². The Morgan fingerprint density at radius 3 is 2.65 bits per heavy atom. The minimum absolute atomic E-state index is 0.00381. The van der Waals surface area contributed by atoms with Crippen molar-refractivity contribution in [3.05, 3.63) is 29.6 Å². The standard InChI is InChI=1S/C12H17FN2O2/c1-7(2)11(6-16)15-12(17)8-3-4-10(14)9(13)5-8/h3-5,7,11,16H,6,14H2,1-2H3,(H,15,17). The van der Waals surface area contributed by atoms with Crippen LogP contribution < -0.4 is 11.1 Å². The van der Waals surface area contributed by atoms with Crippen molar-refractivity contribution in [1.29, 1.82) is 0 Å². The third-order valence-corrected chi connectivity index (χ3v) is 2.58. The van der Waals surface area contributed by atoms with Crippen LogP contribution in [0.2, 0.25) is 0 Å². The van der Waals surface area contributed by atoms with Gasteiger partial charge in [0.25, 0.3) is 5.91 Å². The van der Waals surface area contributed by atoms with Gasteiger partial charge in [-0.05, 0) is 24.1 Å². The first-order valence-electron chi connectivity index (χ1n) is 5.42. The lowest BCUT2D eigenvalue weighted by Gasteiger charge is -2.19. The number of amides is 1. The van der Waals surface area contributed by atoms with E-state index in [2.05, 4.69) is 5.32 Å². The highest BCUT2D eigenvalue weighted by molar-refractivity contribution is 5.94. The van der Waals surface area contributed by atoms with Gasteiger partial charge in [0.15, 0.2) is 0 Å². The molecule has 1 aromatic rings. The molecule has 4 nitrogen and oxygen atoms in total. The number of carbonyl (C=O) groups excluding carboxylic acids is 1. The van der Waals surface area contributed by atoms with Gasteiger partial charge in [0, 0.05) is 5.56 Å². The van der Waals surface area contributed by atoms with E-state index in [0.29, 0.717) is 0 Å². The number of rotatable bonds is 4. The molecule has 0 saturated heterocycles. The quantitative estimate of drug-likeness (QED) is 0.691. The van der Waals surface area contributed by atoms with Gasteiger partial charge >= 0.3 is 0 Å². The number of nitrogens with two attached hydrogens (primary N) is 1. The lowest BCUT2D eigenvalue weighted by atomic mass is 10.0. The van der Waals surface area contributed by atoms with Gasteiger partial charge in [-0.15, -0.1) is 0 Å². The van der Waals surface area contributed by atoms with Gasteiger partial charge in [0.1, 0.15) is 5.82 Å². The minimum atomic E-state index is -0.622. The summed E-state index contributed by atoms with van der Waals surface area (Å²) in [5.41, 5.74) is 5.51. The summed E-state index contributed by atoms with van der Waals surface area (Å²) in [6.07, 6.45) is 0. The summed E-state index contributed by atoms with van der Waals surface area (Å²) in [5.74, 6) is -0.943. The summed E-state index contributed by atoms with van der Waals surface area (Å²) >= 11 is 0. The molecule has 0 spiro atoms. The molecular formula is C12H17FN2O2. The third-order valence-electron chi connectivity index (χ3n) is 2.58. The summed E-state index contributed by atoms with van der Waals surface area (Å²) in [6, 6.07) is 3.53. The molecule has 4 N–H and O–H groups in total. The number of aliphatic hydroxyl groups is 1. The summed E-state index contributed by atoms with van der Waals surface area (Å²) in [7, 11) is 0. The van der Waals surface area contributed by atoms with Gasteiger partial charge < -0.3 is 16.2 Å². The highest BCUT2D eigenvalue weighted by Gasteiger charge is 2.16. The lowest BCUT2D eigenvalue weighted by Crippen LogP contribution is -2.41. The molecule has 1 unspecified atom stereocenters. The van der Waals surface area contributed by atoms with Crippen LogP contribution in [-0.2, 0) is 0 Å². The Morgan fingerprint density at radius 1 is 1.53 bits per heavy atom. The van der Waals surface area contributed by atoms with E-state index in [-0.39, 0.29) is 29.8 Å². The molecule has 94 valence electrons. The van der Waals surface area contributed by atoms with Crippen molar-refractivity contribution in [2.75, 3.05) is 12.3 Å². The Balaban J connectivity index is 2.79. The molecule has 0 aliphatic carbocycles. The Bertz CT molecular complexity index is 407. The number of hydrogen-bond acceptors (Lipinski definition) is 3. The second kappa shape index (κ2) is 5.63. The molecule has 1 rings (SSSR count).